The number of hydrogen-bond donors (Lipinski definition) is 1. The molecule has 1 aliphatic rings. The Bertz CT molecular complexity index is 1520. The summed E-state index contributed by atoms with van der Waals surface area (Å²) in [4.78, 5) is 17.6. The molecule has 0 saturated heterocycles. The van der Waals surface area contributed by atoms with E-state index < -0.39 is 10.0 Å². The van der Waals surface area contributed by atoms with E-state index in [-0.39, 0.29) is 10.8 Å². The van der Waals surface area contributed by atoms with E-state index in [2.05, 4.69) is 43.2 Å². The van der Waals surface area contributed by atoms with Gasteiger partial charge in [-0.3, -0.25) is 14.4 Å². The van der Waals surface area contributed by atoms with Gasteiger partial charge in [-0.2, -0.15) is 0 Å². The van der Waals surface area contributed by atoms with E-state index in [4.69, 9.17) is 0 Å². The summed E-state index contributed by atoms with van der Waals surface area (Å²) in [6.45, 7) is 6.60. The number of sulfonamides is 1. The third kappa shape index (κ3) is 4.35. The number of aryl methyl sites for hydroxylation is 3. The molecule has 2 heterocycles. The van der Waals surface area contributed by atoms with E-state index >= 15 is 0 Å². The summed E-state index contributed by atoms with van der Waals surface area (Å²) in [5.41, 5.74) is 7.49. The highest BCUT2D eigenvalue weighted by atomic mass is 32.2. The molecule has 0 radical (unpaired) electrons. The number of aromatic nitrogens is 1. The van der Waals surface area contributed by atoms with Crippen LogP contribution < -0.4 is 9.62 Å². The molecule has 1 N–H and O–H groups in total. The fourth-order valence-electron chi connectivity index (χ4n) is 4.66. The van der Waals surface area contributed by atoms with Crippen LogP contribution in [0.4, 0.5) is 10.8 Å². The number of nitrogens with one attached hydrogen (secondary N) is 1. The van der Waals surface area contributed by atoms with Gasteiger partial charge in [0.25, 0.3) is 15.9 Å². The molecule has 6 nitrogen and oxygen atoms in total. The molecule has 0 aliphatic carbocycles. The van der Waals surface area contributed by atoms with Crippen molar-refractivity contribution >= 4 is 38.1 Å². The number of anilines is 2. The minimum Gasteiger partial charge on any atom is -0.298 e. The van der Waals surface area contributed by atoms with Crippen LogP contribution in [0.2, 0.25) is 0 Å². The molecule has 1 aromatic heterocycles. The number of fused-ring (bicyclic) bond motifs is 1. The highest BCUT2D eigenvalue weighted by Crippen LogP contribution is 2.33. The summed E-state index contributed by atoms with van der Waals surface area (Å²) in [6.07, 6.45) is 0.688. The van der Waals surface area contributed by atoms with Gasteiger partial charge in [0.2, 0.25) is 0 Å². The molecule has 3 aromatic carbocycles. The second kappa shape index (κ2) is 8.94. The van der Waals surface area contributed by atoms with Crippen LogP contribution in [0, 0.1) is 20.8 Å². The van der Waals surface area contributed by atoms with Gasteiger partial charge in [-0.15, -0.1) is 11.3 Å². The van der Waals surface area contributed by atoms with E-state index in [9.17, 15) is 13.2 Å². The first-order valence-corrected chi connectivity index (χ1v) is 13.6. The number of carbonyl (C=O) groups is 1. The van der Waals surface area contributed by atoms with Gasteiger partial charge in [0.1, 0.15) is 0 Å². The molecule has 0 saturated carbocycles. The van der Waals surface area contributed by atoms with E-state index in [0.717, 1.165) is 27.9 Å². The molecule has 4 aromatic rings. The number of para-hydroxylation sites is 1. The van der Waals surface area contributed by atoms with Crippen LogP contribution in [0.25, 0.3) is 11.3 Å². The standard InChI is InChI=1S/C27H25N3O3S2/c1-17-14-18(2)25(19(3)15-17)23-16-34-27(28-23)29-26(31)21-8-10-22(11-9-21)35(32,33)30-13-12-20-6-4-5-7-24(20)30/h4-11,14-16H,12-13H2,1-3H3,(H,28,29,31). The monoisotopic (exact) mass is 503 g/mol. The van der Waals surface area contributed by atoms with Gasteiger partial charge in [0, 0.05) is 23.1 Å². The zero-order chi connectivity index (χ0) is 24.7. The fraction of sp³-hybridized carbons (Fsp3) is 0.185. The van der Waals surface area contributed by atoms with Crippen molar-refractivity contribution in [3.63, 3.8) is 0 Å². The number of nitrogens with zero attached hydrogens (tertiary/aromatic N) is 2. The SMILES string of the molecule is Cc1cc(C)c(-c2csc(NC(=O)c3ccc(S(=O)(=O)N4CCc5ccccc54)cc3)n2)c(C)c1. The van der Waals surface area contributed by atoms with Crippen LogP contribution in [-0.4, -0.2) is 25.9 Å². The van der Waals surface area contributed by atoms with Crippen molar-refractivity contribution < 1.29 is 13.2 Å². The van der Waals surface area contributed by atoms with Crippen molar-refractivity contribution in [3.05, 3.63) is 93.9 Å². The van der Waals surface area contributed by atoms with Crippen LogP contribution in [0.5, 0.6) is 0 Å². The van der Waals surface area contributed by atoms with Gasteiger partial charge >= 0.3 is 0 Å². The van der Waals surface area contributed by atoms with Crippen molar-refractivity contribution in [1.82, 2.24) is 4.98 Å². The number of carbonyl (C=O) groups excluding carboxylic acids is 1. The van der Waals surface area contributed by atoms with Crippen LogP contribution in [-0.2, 0) is 16.4 Å². The predicted molar refractivity (Wildman–Crippen MR) is 141 cm³/mol. The highest BCUT2D eigenvalue weighted by molar-refractivity contribution is 7.92. The third-order valence-corrected chi connectivity index (χ3v) is 8.79. The number of thiazole rings is 1. The zero-order valence-electron chi connectivity index (χ0n) is 19.7. The van der Waals surface area contributed by atoms with Crippen molar-refractivity contribution in [1.29, 1.82) is 0 Å². The Hall–Kier alpha value is -3.49. The van der Waals surface area contributed by atoms with Crippen molar-refractivity contribution in [2.75, 3.05) is 16.2 Å². The minimum absolute atomic E-state index is 0.160. The first-order valence-electron chi connectivity index (χ1n) is 11.3. The van der Waals surface area contributed by atoms with Crippen LogP contribution in [0.1, 0.15) is 32.6 Å². The lowest BCUT2D eigenvalue weighted by Crippen LogP contribution is -2.29. The van der Waals surface area contributed by atoms with E-state index in [0.29, 0.717) is 29.3 Å². The average Bonchev–Trinajstić information content (AvgIpc) is 3.46. The van der Waals surface area contributed by atoms with Crippen LogP contribution >= 0.6 is 11.3 Å². The average molecular weight is 504 g/mol. The molecule has 8 heteroatoms. The molecule has 0 spiro atoms. The maximum Gasteiger partial charge on any atom is 0.264 e. The molecule has 0 unspecified atom stereocenters. The summed E-state index contributed by atoms with van der Waals surface area (Å²) in [5, 5.41) is 5.26. The number of rotatable bonds is 5. The molecule has 0 bridgehead atoms. The summed E-state index contributed by atoms with van der Waals surface area (Å²) in [7, 11) is -3.70. The molecule has 1 aliphatic heterocycles. The highest BCUT2D eigenvalue weighted by Gasteiger charge is 2.30. The lowest BCUT2D eigenvalue weighted by atomic mass is 9.98. The molecule has 0 atom stereocenters. The molecule has 35 heavy (non-hydrogen) atoms. The first-order chi connectivity index (χ1) is 16.7. The van der Waals surface area contributed by atoms with Crippen molar-refractivity contribution in [3.8, 4) is 11.3 Å². The molecule has 0 fully saturated rings. The Morgan fingerprint density at radius 2 is 1.69 bits per heavy atom. The molecule has 5 rings (SSSR count). The van der Waals surface area contributed by atoms with E-state index in [1.165, 1.54) is 45.5 Å². The van der Waals surface area contributed by atoms with E-state index in [1.54, 1.807) is 0 Å². The molecular weight excluding hydrogens is 478 g/mol. The lowest BCUT2D eigenvalue weighted by Gasteiger charge is -2.19. The van der Waals surface area contributed by atoms with E-state index in [1.807, 2.05) is 29.6 Å². The summed E-state index contributed by atoms with van der Waals surface area (Å²) < 4.78 is 27.8. The summed E-state index contributed by atoms with van der Waals surface area (Å²) in [6, 6.07) is 17.8. The molecule has 1 amide bonds. The quantitative estimate of drug-likeness (QED) is 0.377. The first kappa shape index (κ1) is 23.3. The van der Waals surface area contributed by atoms with Gasteiger partial charge in [-0.05, 0) is 74.2 Å². The molecule has 178 valence electrons. The largest absolute Gasteiger partial charge is 0.298 e. The summed E-state index contributed by atoms with van der Waals surface area (Å²) in [5.74, 6) is -0.335. The van der Waals surface area contributed by atoms with Gasteiger partial charge in [0.05, 0.1) is 16.3 Å². The summed E-state index contributed by atoms with van der Waals surface area (Å²) >= 11 is 1.36. The second-order valence-electron chi connectivity index (χ2n) is 8.75. The number of amides is 1. The Morgan fingerprint density at radius 1 is 1.00 bits per heavy atom. The Labute approximate surface area is 209 Å². The second-order valence-corrected chi connectivity index (χ2v) is 11.5. The zero-order valence-corrected chi connectivity index (χ0v) is 21.3. The normalized spacial score (nSPS) is 13.1. The van der Waals surface area contributed by atoms with Crippen LogP contribution in [0.3, 0.4) is 0 Å². The third-order valence-electron chi connectivity index (χ3n) is 6.21. The maximum atomic E-state index is 13.2. The smallest absolute Gasteiger partial charge is 0.264 e. The van der Waals surface area contributed by atoms with Crippen molar-refractivity contribution in [2.24, 2.45) is 0 Å². The van der Waals surface area contributed by atoms with Gasteiger partial charge in [-0.25, -0.2) is 13.4 Å². The fourth-order valence-corrected chi connectivity index (χ4v) is 6.86. The Balaban J connectivity index is 1.33. The Kier molecular flexibility index (Phi) is 5.94. The number of benzene rings is 3. The number of hydrogen-bond acceptors (Lipinski definition) is 5. The van der Waals surface area contributed by atoms with Crippen LogP contribution in [0.15, 0.2) is 70.9 Å². The Morgan fingerprint density at radius 3 is 2.40 bits per heavy atom. The maximum absolute atomic E-state index is 13.2. The van der Waals surface area contributed by atoms with Gasteiger partial charge in [0.15, 0.2) is 5.13 Å². The topological polar surface area (TPSA) is 79.4 Å². The predicted octanol–water partition coefficient (Wildman–Crippen LogP) is 5.74. The van der Waals surface area contributed by atoms with Gasteiger partial charge in [-0.1, -0.05) is 35.9 Å². The minimum atomic E-state index is -3.70. The molecular formula is C27H25N3O3S2. The van der Waals surface area contributed by atoms with Gasteiger partial charge < -0.3 is 0 Å². The lowest BCUT2D eigenvalue weighted by molar-refractivity contribution is 0.102. The van der Waals surface area contributed by atoms with Crippen molar-refractivity contribution in [2.45, 2.75) is 32.1 Å².